The van der Waals surface area contributed by atoms with Gasteiger partial charge in [-0.1, -0.05) is 12.1 Å². The second-order valence-electron chi connectivity index (χ2n) is 3.71. The Balaban J connectivity index is 3.15. The largest absolute Gasteiger partial charge is 0.479 e. The van der Waals surface area contributed by atoms with Crippen molar-refractivity contribution in [3.05, 3.63) is 34.9 Å². The lowest BCUT2D eigenvalue weighted by Crippen LogP contribution is -2.13. The molecule has 0 bridgehead atoms. The summed E-state index contributed by atoms with van der Waals surface area (Å²) in [6.07, 6.45) is -3.67. The third kappa shape index (κ3) is 3.33. The number of aryl methyl sites for hydroxylation is 1. The van der Waals surface area contributed by atoms with Crippen molar-refractivity contribution >= 4 is 12.3 Å². The number of hydrogen-bond donors (Lipinski definition) is 2. The maximum atomic E-state index is 12.5. The fraction of sp³-hybridized carbons (Fsp3) is 0.333. The van der Waals surface area contributed by atoms with Crippen molar-refractivity contribution in [2.45, 2.75) is 25.4 Å². The molecule has 98 valence electrons. The van der Waals surface area contributed by atoms with Crippen molar-refractivity contribution < 1.29 is 28.6 Å². The minimum Gasteiger partial charge on any atom is -0.479 e. The van der Waals surface area contributed by atoms with E-state index in [0.717, 1.165) is 18.2 Å². The number of carbonyl (C=O) groups is 2. The predicted molar refractivity (Wildman–Crippen MR) is 58.4 cm³/mol. The van der Waals surface area contributed by atoms with Crippen LogP contribution in [0.5, 0.6) is 0 Å². The Labute approximate surface area is 102 Å². The van der Waals surface area contributed by atoms with Crippen LogP contribution >= 0.6 is 0 Å². The van der Waals surface area contributed by atoms with Crippen LogP contribution < -0.4 is 0 Å². The Morgan fingerprint density at radius 3 is 2.56 bits per heavy atom. The highest BCUT2D eigenvalue weighted by Crippen LogP contribution is 2.26. The first kappa shape index (κ1) is 14.2. The Hall–Kier alpha value is -1.82. The zero-order chi connectivity index (χ0) is 13.7. The van der Waals surface area contributed by atoms with E-state index >= 15 is 0 Å². The van der Waals surface area contributed by atoms with Gasteiger partial charge in [-0.05, 0) is 23.6 Å². The number of aliphatic hydroxyl groups excluding tert-OH is 1. The number of halogens is 2. The molecule has 0 spiro atoms. The molecule has 0 saturated heterocycles. The Kier molecular flexibility index (Phi) is 4.91. The summed E-state index contributed by atoms with van der Waals surface area (Å²) in [6.45, 7) is 0. The van der Waals surface area contributed by atoms with Gasteiger partial charge in [0, 0.05) is 12.0 Å². The van der Waals surface area contributed by atoms with Gasteiger partial charge >= 0.3 is 5.97 Å². The summed E-state index contributed by atoms with van der Waals surface area (Å²) in [5.74, 6) is -1.47. The van der Waals surface area contributed by atoms with Gasteiger partial charge in [-0.3, -0.25) is 0 Å². The second-order valence-corrected chi connectivity index (χ2v) is 3.71. The van der Waals surface area contributed by atoms with Crippen LogP contribution in [0.4, 0.5) is 8.78 Å². The number of carbonyl (C=O) groups excluding carboxylic acids is 1. The molecule has 0 aliphatic heterocycles. The maximum absolute atomic E-state index is 12.5. The third-order valence-electron chi connectivity index (χ3n) is 2.48. The number of aldehydes is 1. The minimum absolute atomic E-state index is 0.0359. The molecule has 0 amide bonds. The summed E-state index contributed by atoms with van der Waals surface area (Å²) in [4.78, 5) is 21.0. The molecule has 1 unspecified atom stereocenters. The Morgan fingerprint density at radius 2 is 2.06 bits per heavy atom. The van der Waals surface area contributed by atoms with Crippen molar-refractivity contribution in [2.75, 3.05) is 0 Å². The number of alkyl halides is 2. The van der Waals surface area contributed by atoms with Crippen molar-refractivity contribution in [3.8, 4) is 0 Å². The summed E-state index contributed by atoms with van der Waals surface area (Å²) in [7, 11) is 0. The molecule has 0 radical (unpaired) electrons. The van der Waals surface area contributed by atoms with Crippen molar-refractivity contribution in [1.29, 1.82) is 0 Å². The molecule has 4 nitrogen and oxygen atoms in total. The minimum atomic E-state index is -2.68. The molecule has 2 N–H and O–H groups in total. The topological polar surface area (TPSA) is 74.6 Å². The molecule has 0 heterocycles. The fourth-order valence-electron chi connectivity index (χ4n) is 1.59. The molecule has 0 aliphatic rings. The first-order valence-corrected chi connectivity index (χ1v) is 5.22. The van der Waals surface area contributed by atoms with E-state index in [1.54, 1.807) is 0 Å². The van der Waals surface area contributed by atoms with E-state index in [1.165, 1.54) is 0 Å². The van der Waals surface area contributed by atoms with Crippen LogP contribution in [0.1, 0.15) is 35.6 Å². The molecular weight excluding hydrogens is 246 g/mol. The highest BCUT2D eigenvalue weighted by Gasteiger charge is 2.20. The average molecular weight is 258 g/mol. The Bertz CT molecular complexity index is 446. The van der Waals surface area contributed by atoms with Crippen LogP contribution in [0.15, 0.2) is 18.2 Å². The molecule has 1 aromatic rings. The highest BCUT2D eigenvalue weighted by atomic mass is 19.3. The van der Waals surface area contributed by atoms with Gasteiger partial charge in [-0.15, -0.1) is 0 Å². The molecule has 0 aliphatic carbocycles. The van der Waals surface area contributed by atoms with Crippen LogP contribution in [0.2, 0.25) is 0 Å². The van der Waals surface area contributed by atoms with E-state index < -0.39 is 18.5 Å². The second kappa shape index (κ2) is 6.20. The number of rotatable bonds is 6. The van der Waals surface area contributed by atoms with E-state index in [1.807, 2.05) is 0 Å². The summed E-state index contributed by atoms with van der Waals surface area (Å²) in [5.41, 5.74) is 0.0146. The zero-order valence-electron chi connectivity index (χ0n) is 9.35. The summed E-state index contributed by atoms with van der Waals surface area (Å²) in [6, 6.07) is 3.34. The monoisotopic (exact) mass is 258 g/mol. The van der Waals surface area contributed by atoms with Gasteiger partial charge in [0.1, 0.15) is 6.29 Å². The summed E-state index contributed by atoms with van der Waals surface area (Å²) >= 11 is 0. The number of carboxylic acid groups (broad SMARTS) is 1. The van der Waals surface area contributed by atoms with Gasteiger partial charge in [-0.2, -0.15) is 0 Å². The molecule has 6 heteroatoms. The van der Waals surface area contributed by atoms with E-state index in [4.69, 9.17) is 5.11 Å². The van der Waals surface area contributed by atoms with Crippen LogP contribution in [-0.2, 0) is 16.0 Å². The van der Waals surface area contributed by atoms with E-state index in [0.29, 0.717) is 6.29 Å². The number of aliphatic hydroxyl groups is 1. The standard InChI is InChI=1S/C12H12F2O4/c13-11(14)8-3-4-9(10(16)12(17)18)7(6-8)2-1-5-15/h3-6,10-11,16H,1-2H2,(H,17,18). The van der Waals surface area contributed by atoms with E-state index in [2.05, 4.69) is 0 Å². The normalized spacial score (nSPS) is 12.4. The predicted octanol–water partition coefficient (Wildman–Crippen LogP) is 1.87. The number of benzene rings is 1. The van der Waals surface area contributed by atoms with Gasteiger partial charge in [0.05, 0.1) is 0 Å². The lowest BCUT2D eigenvalue weighted by Gasteiger charge is -2.13. The van der Waals surface area contributed by atoms with Gasteiger partial charge in [0.2, 0.25) is 0 Å². The van der Waals surface area contributed by atoms with Crippen LogP contribution in [0, 0.1) is 0 Å². The third-order valence-corrected chi connectivity index (χ3v) is 2.48. The zero-order valence-corrected chi connectivity index (χ0v) is 9.35. The average Bonchev–Trinajstić information content (AvgIpc) is 2.34. The van der Waals surface area contributed by atoms with Crippen molar-refractivity contribution in [2.24, 2.45) is 0 Å². The molecule has 18 heavy (non-hydrogen) atoms. The van der Waals surface area contributed by atoms with Crippen LogP contribution in [0.3, 0.4) is 0 Å². The molecule has 0 fully saturated rings. The van der Waals surface area contributed by atoms with E-state index in [-0.39, 0.29) is 29.5 Å². The fourth-order valence-corrected chi connectivity index (χ4v) is 1.59. The lowest BCUT2D eigenvalue weighted by molar-refractivity contribution is -0.147. The van der Waals surface area contributed by atoms with E-state index in [9.17, 15) is 23.5 Å². The Morgan fingerprint density at radius 1 is 1.39 bits per heavy atom. The van der Waals surface area contributed by atoms with Crippen LogP contribution in [0.25, 0.3) is 0 Å². The smallest absolute Gasteiger partial charge is 0.337 e. The first-order valence-electron chi connectivity index (χ1n) is 5.22. The number of carboxylic acids is 1. The van der Waals surface area contributed by atoms with Crippen molar-refractivity contribution in [1.82, 2.24) is 0 Å². The first-order chi connectivity index (χ1) is 8.47. The molecule has 1 rings (SSSR count). The van der Waals surface area contributed by atoms with Crippen LogP contribution in [-0.4, -0.2) is 22.5 Å². The SMILES string of the molecule is O=CCCc1cc(C(F)F)ccc1C(O)C(=O)O. The number of hydrogen-bond acceptors (Lipinski definition) is 3. The molecule has 0 aromatic heterocycles. The quantitative estimate of drug-likeness (QED) is 0.764. The number of aliphatic carboxylic acids is 1. The summed E-state index contributed by atoms with van der Waals surface area (Å²) < 4.78 is 25.0. The van der Waals surface area contributed by atoms with Gasteiger partial charge in [0.25, 0.3) is 6.43 Å². The lowest BCUT2D eigenvalue weighted by atomic mass is 9.96. The summed E-state index contributed by atoms with van der Waals surface area (Å²) in [5, 5.41) is 18.1. The van der Waals surface area contributed by atoms with Gasteiger partial charge < -0.3 is 15.0 Å². The maximum Gasteiger partial charge on any atom is 0.337 e. The molecule has 1 aromatic carbocycles. The molecule has 1 atom stereocenters. The van der Waals surface area contributed by atoms with Crippen molar-refractivity contribution in [3.63, 3.8) is 0 Å². The molecule has 0 saturated carbocycles. The molecular formula is C12H12F2O4. The van der Waals surface area contributed by atoms with Gasteiger partial charge in [0.15, 0.2) is 6.10 Å². The van der Waals surface area contributed by atoms with Gasteiger partial charge in [-0.25, -0.2) is 13.6 Å². The highest BCUT2D eigenvalue weighted by molar-refractivity contribution is 5.74.